The van der Waals surface area contributed by atoms with E-state index in [4.69, 9.17) is 17.3 Å². The minimum Gasteiger partial charge on any atom is -0.397 e. The van der Waals surface area contributed by atoms with Gasteiger partial charge < -0.3 is 11.1 Å². The molecule has 21 heavy (non-hydrogen) atoms. The van der Waals surface area contributed by atoms with Gasteiger partial charge in [0.25, 0.3) is 11.6 Å². The Morgan fingerprint density at radius 3 is 2.81 bits per heavy atom. The number of nitrogen functional groups attached to an aromatic ring is 1. The predicted octanol–water partition coefficient (Wildman–Crippen LogP) is 2.79. The van der Waals surface area contributed by atoms with E-state index >= 15 is 0 Å². The van der Waals surface area contributed by atoms with E-state index in [2.05, 4.69) is 10.3 Å². The number of halogens is 1. The molecular weight excluding hydrogens is 296 g/mol. The summed E-state index contributed by atoms with van der Waals surface area (Å²) in [7, 11) is 0. The van der Waals surface area contributed by atoms with Gasteiger partial charge in [-0.05, 0) is 19.1 Å². The van der Waals surface area contributed by atoms with Crippen molar-refractivity contribution in [3.8, 4) is 0 Å². The number of anilines is 2. The molecule has 0 atom stereocenters. The first-order valence-electron chi connectivity index (χ1n) is 5.86. The Morgan fingerprint density at radius 2 is 2.19 bits per heavy atom. The highest BCUT2D eigenvalue weighted by Crippen LogP contribution is 2.29. The number of pyridine rings is 1. The summed E-state index contributed by atoms with van der Waals surface area (Å²) in [6.07, 6.45) is 1.59. The summed E-state index contributed by atoms with van der Waals surface area (Å²) in [4.78, 5) is 26.4. The molecule has 0 radical (unpaired) electrons. The Kier molecular flexibility index (Phi) is 4.04. The normalized spacial score (nSPS) is 10.2. The van der Waals surface area contributed by atoms with E-state index in [1.807, 2.05) is 0 Å². The third kappa shape index (κ3) is 3.09. The number of aromatic nitrogens is 1. The van der Waals surface area contributed by atoms with Crippen LogP contribution in [0.2, 0.25) is 5.02 Å². The molecule has 1 aromatic heterocycles. The van der Waals surface area contributed by atoms with Gasteiger partial charge >= 0.3 is 0 Å². The van der Waals surface area contributed by atoms with Gasteiger partial charge in [-0.25, -0.2) is 0 Å². The molecule has 0 saturated carbocycles. The summed E-state index contributed by atoms with van der Waals surface area (Å²) in [5.41, 5.74) is 6.44. The predicted molar refractivity (Wildman–Crippen MR) is 79.4 cm³/mol. The zero-order valence-electron chi connectivity index (χ0n) is 11.0. The van der Waals surface area contributed by atoms with Crippen LogP contribution >= 0.6 is 11.6 Å². The van der Waals surface area contributed by atoms with E-state index in [0.717, 1.165) is 12.1 Å². The minimum absolute atomic E-state index is 0.0127. The van der Waals surface area contributed by atoms with Crippen LogP contribution in [0.5, 0.6) is 0 Å². The van der Waals surface area contributed by atoms with Gasteiger partial charge in [-0.3, -0.25) is 19.9 Å². The van der Waals surface area contributed by atoms with E-state index in [1.165, 1.54) is 0 Å². The number of hydrogen-bond acceptors (Lipinski definition) is 5. The van der Waals surface area contributed by atoms with Gasteiger partial charge in [-0.15, -0.1) is 0 Å². The van der Waals surface area contributed by atoms with Gasteiger partial charge in [0.05, 0.1) is 32.6 Å². The minimum atomic E-state index is -0.641. The Balaban J connectivity index is 2.39. The van der Waals surface area contributed by atoms with Crippen LogP contribution in [0.25, 0.3) is 0 Å². The zero-order valence-corrected chi connectivity index (χ0v) is 11.7. The van der Waals surface area contributed by atoms with Gasteiger partial charge in [0, 0.05) is 18.3 Å². The third-order valence-corrected chi connectivity index (χ3v) is 3.14. The Hall–Kier alpha value is -2.67. The average molecular weight is 307 g/mol. The molecule has 108 valence electrons. The lowest BCUT2D eigenvalue weighted by molar-refractivity contribution is -0.384. The largest absolute Gasteiger partial charge is 0.397 e. The van der Waals surface area contributed by atoms with Crippen molar-refractivity contribution >= 4 is 34.6 Å². The fourth-order valence-corrected chi connectivity index (χ4v) is 1.92. The molecule has 2 aromatic rings. The highest BCUT2D eigenvalue weighted by atomic mass is 35.5. The van der Waals surface area contributed by atoms with Gasteiger partial charge in [0.1, 0.15) is 0 Å². The molecule has 8 heteroatoms. The van der Waals surface area contributed by atoms with Crippen molar-refractivity contribution in [1.82, 2.24) is 4.98 Å². The van der Waals surface area contributed by atoms with Crippen LogP contribution in [-0.2, 0) is 0 Å². The smallest absolute Gasteiger partial charge is 0.271 e. The Labute approximate surface area is 124 Å². The molecule has 2 rings (SSSR count). The van der Waals surface area contributed by atoms with E-state index in [9.17, 15) is 14.9 Å². The fraction of sp³-hybridized carbons (Fsp3) is 0.0769. The number of nitrogens with zero attached hydrogens (tertiary/aromatic N) is 2. The molecule has 3 N–H and O–H groups in total. The summed E-state index contributed by atoms with van der Waals surface area (Å²) in [6, 6.07) is 5.51. The first kappa shape index (κ1) is 14.7. The second-order valence-corrected chi connectivity index (χ2v) is 4.64. The molecule has 0 spiro atoms. The fourth-order valence-electron chi connectivity index (χ4n) is 1.70. The molecule has 0 aliphatic heterocycles. The molecule has 0 fully saturated rings. The van der Waals surface area contributed by atoms with Gasteiger partial charge in [-0.1, -0.05) is 11.6 Å². The van der Waals surface area contributed by atoms with Crippen LogP contribution in [-0.4, -0.2) is 15.8 Å². The Morgan fingerprint density at radius 1 is 1.48 bits per heavy atom. The Bertz CT molecular complexity index is 733. The monoisotopic (exact) mass is 306 g/mol. The van der Waals surface area contributed by atoms with Crippen LogP contribution in [0.4, 0.5) is 17.1 Å². The number of benzene rings is 1. The summed E-state index contributed by atoms with van der Waals surface area (Å²) in [5, 5.41) is 13.4. The van der Waals surface area contributed by atoms with E-state index in [0.29, 0.717) is 11.4 Å². The van der Waals surface area contributed by atoms with Crippen LogP contribution in [0.1, 0.15) is 16.1 Å². The maximum atomic E-state index is 12.2. The van der Waals surface area contributed by atoms with Gasteiger partial charge in [-0.2, -0.15) is 0 Å². The summed E-state index contributed by atoms with van der Waals surface area (Å²) in [6.45, 7) is 1.72. The van der Waals surface area contributed by atoms with Crippen molar-refractivity contribution in [3.05, 3.63) is 56.9 Å². The highest BCUT2D eigenvalue weighted by molar-refractivity contribution is 6.34. The standard InChI is InChI=1S/C13H11ClN4O3/c1-7-11(3-2-4-16-7)17-13(19)9-5-8(18(20)21)6-10(14)12(9)15/h2-6H,15H2,1H3,(H,17,19). The first-order valence-corrected chi connectivity index (χ1v) is 6.24. The topological polar surface area (TPSA) is 111 Å². The van der Waals surface area contributed by atoms with Gasteiger partial charge in [0.2, 0.25) is 0 Å². The molecule has 0 aliphatic carbocycles. The number of nitro benzene ring substituents is 1. The van der Waals surface area contributed by atoms with Crippen LogP contribution in [0, 0.1) is 17.0 Å². The molecule has 1 aromatic carbocycles. The number of aryl methyl sites for hydroxylation is 1. The molecule has 0 bridgehead atoms. The molecule has 0 saturated heterocycles. The summed E-state index contributed by atoms with van der Waals surface area (Å²) < 4.78 is 0. The number of amides is 1. The summed E-state index contributed by atoms with van der Waals surface area (Å²) in [5.74, 6) is -0.589. The molecular formula is C13H11ClN4O3. The quantitative estimate of drug-likeness (QED) is 0.514. The van der Waals surface area contributed by atoms with Crippen molar-refractivity contribution in [1.29, 1.82) is 0 Å². The lowest BCUT2D eigenvalue weighted by Crippen LogP contribution is -2.15. The number of non-ortho nitro benzene ring substituents is 1. The number of rotatable bonds is 3. The van der Waals surface area contributed by atoms with E-state index in [1.54, 1.807) is 25.3 Å². The van der Waals surface area contributed by atoms with E-state index < -0.39 is 10.8 Å². The van der Waals surface area contributed by atoms with Crippen molar-refractivity contribution in [2.24, 2.45) is 0 Å². The number of hydrogen-bond donors (Lipinski definition) is 2. The van der Waals surface area contributed by atoms with Crippen LogP contribution < -0.4 is 11.1 Å². The zero-order chi connectivity index (χ0) is 15.6. The second-order valence-electron chi connectivity index (χ2n) is 4.24. The van der Waals surface area contributed by atoms with Gasteiger partial charge in [0.15, 0.2) is 0 Å². The lowest BCUT2D eigenvalue weighted by atomic mass is 10.1. The van der Waals surface area contributed by atoms with Crippen molar-refractivity contribution in [2.75, 3.05) is 11.1 Å². The second kappa shape index (κ2) is 5.76. The number of nitrogens with two attached hydrogens (primary N) is 1. The van der Waals surface area contributed by atoms with Crippen molar-refractivity contribution in [3.63, 3.8) is 0 Å². The highest BCUT2D eigenvalue weighted by Gasteiger charge is 2.19. The molecule has 1 heterocycles. The molecule has 1 amide bonds. The first-order chi connectivity index (χ1) is 9.90. The third-order valence-electron chi connectivity index (χ3n) is 2.82. The average Bonchev–Trinajstić information content (AvgIpc) is 2.43. The van der Waals surface area contributed by atoms with Crippen LogP contribution in [0.15, 0.2) is 30.5 Å². The maximum Gasteiger partial charge on any atom is 0.271 e. The maximum absolute atomic E-state index is 12.2. The van der Waals surface area contributed by atoms with E-state index in [-0.39, 0.29) is 22.0 Å². The van der Waals surface area contributed by atoms with Crippen molar-refractivity contribution < 1.29 is 9.72 Å². The van der Waals surface area contributed by atoms with Crippen LogP contribution in [0.3, 0.4) is 0 Å². The number of nitro groups is 1. The number of carbonyl (C=O) groups excluding carboxylic acids is 1. The molecule has 0 aliphatic rings. The summed E-state index contributed by atoms with van der Waals surface area (Å²) >= 11 is 5.82. The molecule has 0 unspecified atom stereocenters. The number of carbonyl (C=O) groups is 1. The SMILES string of the molecule is Cc1ncccc1NC(=O)c1cc([N+](=O)[O-])cc(Cl)c1N. The van der Waals surface area contributed by atoms with Crippen molar-refractivity contribution in [2.45, 2.75) is 6.92 Å². The lowest BCUT2D eigenvalue weighted by Gasteiger charge is -2.10. The molecule has 7 nitrogen and oxygen atoms in total. The number of nitrogens with one attached hydrogen (secondary N) is 1.